The molecule has 60 valence electrons. The fourth-order valence-corrected chi connectivity index (χ4v) is 1.23. The Hall–Kier alpha value is -1.02. The number of nitrogens with zero attached hydrogens (tertiary/aromatic N) is 2. The van der Waals surface area contributed by atoms with E-state index in [9.17, 15) is 0 Å². The normalized spacial score (nSPS) is 15.1. The second kappa shape index (κ2) is 3.98. The van der Waals surface area contributed by atoms with E-state index in [1.807, 2.05) is 13.0 Å². The first kappa shape index (κ1) is 9.98. The predicted molar refractivity (Wildman–Crippen MR) is 43.4 cm³/mol. The fourth-order valence-electron chi connectivity index (χ4n) is 1.23. The molecular weight excluding hydrogens is 136 g/mol. The van der Waals surface area contributed by atoms with Crippen LogP contribution >= 0.6 is 0 Å². The Morgan fingerprint density at radius 2 is 1.91 bits per heavy atom. The van der Waals surface area contributed by atoms with Crippen molar-refractivity contribution < 1.29 is 0 Å². The molecule has 0 aromatic heterocycles. The molecule has 0 aromatic carbocycles. The van der Waals surface area contributed by atoms with Crippen LogP contribution in [0.25, 0.3) is 0 Å². The van der Waals surface area contributed by atoms with Crippen LogP contribution in [0.15, 0.2) is 0 Å². The lowest BCUT2D eigenvalue weighted by Gasteiger charge is -2.19. The number of hydrogen-bond donors (Lipinski definition) is 0. The first-order chi connectivity index (χ1) is 5.04. The van der Waals surface area contributed by atoms with Crippen molar-refractivity contribution in [3.63, 3.8) is 0 Å². The summed E-state index contributed by atoms with van der Waals surface area (Å²) in [4.78, 5) is 0. The standard InChI is InChI=1S/C9H14N2/c1-8(2)6-9(3,7-11)4-5-10/h8H,4,6H2,1-3H3/t9-/m1/s1. The largest absolute Gasteiger partial charge is 0.198 e. The summed E-state index contributed by atoms with van der Waals surface area (Å²) < 4.78 is 0. The predicted octanol–water partition coefficient (Wildman–Crippen LogP) is 2.48. The molecule has 0 N–H and O–H groups in total. The number of rotatable bonds is 3. The van der Waals surface area contributed by atoms with Crippen LogP contribution in [-0.2, 0) is 0 Å². The molecule has 0 saturated carbocycles. The van der Waals surface area contributed by atoms with Crippen LogP contribution in [0.4, 0.5) is 0 Å². The molecule has 11 heavy (non-hydrogen) atoms. The Morgan fingerprint density at radius 3 is 2.18 bits per heavy atom. The zero-order valence-corrected chi connectivity index (χ0v) is 7.39. The van der Waals surface area contributed by atoms with Crippen molar-refractivity contribution in [1.82, 2.24) is 0 Å². The van der Waals surface area contributed by atoms with E-state index in [-0.39, 0.29) is 0 Å². The first-order valence-corrected chi connectivity index (χ1v) is 3.82. The summed E-state index contributed by atoms with van der Waals surface area (Å²) in [6.07, 6.45) is 1.14. The van der Waals surface area contributed by atoms with Gasteiger partial charge in [0, 0.05) is 0 Å². The maximum absolute atomic E-state index is 8.76. The third-order valence-corrected chi connectivity index (χ3v) is 1.60. The van der Waals surface area contributed by atoms with Crippen LogP contribution in [0.3, 0.4) is 0 Å². The average Bonchev–Trinajstić information content (AvgIpc) is 1.87. The van der Waals surface area contributed by atoms with Gasteiger partial charge in [0.1, 0.15) is 0 Å². The van der Waals surface area contributed by atoms with E-state index in [1.165, 1.54) is 0 Å². The highest BCUT2D eigenvalue weighted by atomic mass is 14.4. The molecule has 0 heterocycles. The van der Waals surface area contributed by atoms with Gasteiger partial charge in [0.15, 0.2) is 0 Å². The van der Waals surface area contributed by atoms with Gasteiger partial charge >= 0.3 is 0 Å². The molecular formula is C9H14N2. The van der Waals surface area contributed by atoms with E-state index in [0.29, 0.717) is 12.3 Å². The van der Waals surface area contributed by atoms with E-state index in [4.69, 9.17) is 10.5 Å². The molecule has 0 fully saturated rings. The molecule has 0 saturated heterocycles. The molecule has 0 aliphatic rings. The van der Waals surface area contributed by atoms with Gasteiger partial charge in [-0.25, -0.2) is 0 Å². The fraction of sp³-hybridized carbons (Fsp3) is 0.778. The summed E-state index contributed by atoms with van der Waals surface area (Å²) in [6, 6.07) is 4.23. The van der Waals surface area contributed by atoms with E-state index in [2.05, 4.69) is 19.9 Å². The van der Waals surface area contributed by atoms with Crippen LogP contribution in [0.1, 0.15) is 33.6 Å². The third kappa shape index (κ3) is 3.63. The molecule has 0 aliphatic carbocycles. The minimum Gasteiger partial charge on any atom is -0.198 e. The molecule has 0 bridgehead atoms. The van der Waals surface area contributed by atoms with Gasteiger partial charge in [0.2, 0.25) is 0 Å². The maximum atomic E-state index is 8.76. The van der Waals surface area contributed by atoms with E-state index >= 15 is 0 Å². The van der Waals surface area contributed by atoms with Crippen molar-refractivity contribution in [3.8, 4) is 12.1 Å². The highest BCUT2D eigenvalue weighted by Crippen LogP contribution is 2.28. The second-order valence-electron chi connectivity index (χ2n) is 3.61. The molecule has 0 amide bonds. The Kier molecular flexibility index (Phi) is 3.61. The molecule has 0 radical (unpaired) electrons. The molecule has 0 aromatic rings. The molecule has 0 unspecified atom stereocenters. The highest BCUT2D eigenvalue weighted by molar-refractivity contribution is 5.01. The van der Waals surface area contributed by atoms with Crippen molar-refractivity contribution in [2.45, 2.75) is 33.6 Å². The van der Waals surface area contributed by atoms with E-state index in [1.54, 1.807) is 0 Å². The number of nitriles is 2. The minimum absolute atomic E-state index is 0.335. The molecule has 0 spiro atoms. The Labute approximate surface area is 68.4 Å². The van der Waals surface area contributed by atoms with Crippen molar-refractivity contribution in [2.24, 2.45) is 11.3 Å². The van der Waals surface area contributed by atoms with Crippen molar-refractivity contribution >= 4 is 0 Å². The monoisotopic (exact) mass is 150 g/mol. The molecule has 2 nitrogen and oxygen atoms in total. The quantitative estimate of drug-likeness (QED) is 0.620. The molecule has 0 rings (SSSR count). The van der Waals surface area contributed by atoms with E-state index in [0.717, 1.165) is 6.42 Å². The SMILES string of the molecule is CC(C)C[C@](C)(C#N)CC#N. The Morgan fingerprint density at radius 1 is 1.36 bits per heavy atom. The zero-order chi connectivity index (χ0) is 8.91. The average molecular weight is 150 g/mol. The van der Waals surface area contributed by atoms with Crippen LogP contribution in [0, 0.1) is 34.0 Å². The summed E-state index contributed by atoms with van der Waals surface area (Å²) in [6.45, 7) is 5.97. The zero-order valence-electron chi connectivity index (χ0n) is 7.39. The molecule has 1 atom stereocenters. The van der Waals surface area contributed by atoms with E-state index < -0.39 is 5.41 Å². The van der Waals surface area contributed by atoms with Gasteiger partial charge < -0.3 is 0 Å². The van der Waals surface area contributed by atoms with Gasteiger partial charge in [-0.1, -0.05) is 13.8 Å². The summed E-state index contributed by atoms with van der Waals surface area (Å²) >= 11 is 0. The topological polar surface area (TPSA) is 47.6 Å². The summed E-state index contributed by atoms with van der Waals surface area (Å²) in [5.74, 6) is 0.480. The second-order valence-corrected chi connectivity index (χ2v) is 3.61. The van der Waals surface area contributed by atoms with Gasteiger partial charge in [0.05, 0.1) is 24.0 Å². The summed E-state index contributed by atoms with van der Waals surface area (Å²) in [7, 11) is 0. The first-order valence-electron chi connectivity index (χ1n) is 3.82. The van der Waals surface area contributed by atoms with Gasteiger partial charge in [-0.2, -0.15) is 10.5 Å². The summed E-state index contributed by atoms with van der Waals surface area (Å²) in [5.41, 5.74) is -0.442. The lowest BCUT2D eigenvalue weighted by molar-refractivity contribution is 0.350. The molecule has 2 heteroatoms. The van der Waals surface area contributed by atoms with Crippen molar-refractivity contribution in [2.75, 3.05) is 0 Å². The van der Waals surface area contributed by atoms with Gasteiger partial charge in [0.25, 0.3) is 0 Å². The summed E-state index contributed by atoms with van der Waals surface area (Å²) in [5, 5.41) is 17.2. The maximum Gasteiger partial charge on any atom is 0.0697 e. The Balaban J connectivity index is 4.16. The lowest BCUT2D eigenvalue weighted by atomic mass is 9.81. The van der Waals surface area contributed by atoms with Crippen LogP contribution in [0.2, 0.25) is 0 Å². The lowest BCUT2D eigenvalue weighted by Crippen LogP contribution is -2.15. The smallest absolute Gasteiger partial charge is 0.0697 e. The van der Waals surface area contributed by atoms with Crippen LogP contribution < -0.4 is 0 Å². The molecule has 0 aliphatic heterocycles. The highest BCUT2D eigenvalue weighted by Gasteiger charge is 2.24. The van der Waals surface area contributed by atoms with Crippen molar-refractivity contribution in [1.29, 1.82) is 10.5 Å². The van der Waals surface area contributed by atoms with Crippen molar-refractivity contribution in [3.05, 3.63) is 0 Å². The third-order valence-electron chi connectivity index (χ3n) is 1.60. The van der Waals surface area contributed by atoms with Crippen LogP contribution in [0.5, 0.6) is 0 Å². The Bertz CT molecular complexity index is 195. The minimum atomic E-state index is -0.442. The van der Waals surface area contributed by atoms with Gasteiger partial charge in [-0.3, -0.25) is 0 Å². The van der Waals surface area contributed by atoms with Gasteiger partial charge in [-0.15, -0.1) is 0 Å². The van der Waals surface area contributed by atoms with Crippen LogP contribution in [-0.4, -0.2) is 0 Å². The number of hydrogen-bond acceptors (Lipinski definition) is 2. The van der Waals surface area contributed by atoms with Gasteiger partial charge in [-0.05, 0) is 19.3 Å².